The Balaban J connectivity index is 0.000000239. The molecule has 12 atom stereocenters. The lowest BCUT2D eigenvalue weighted by molar-refractivity contribution is -0.144. The molecule has 5 aliphatic carbocycles. The molecule has 5 saturated carbocycles. The summed E-state index contributed by atoms with van der Waals surface area (Å²) in [6.07, 6.45) is 3.77. The normalized spacial score (nSPS) is 25.5. The minimum Gasteiger partial charge on any atom is -0.340 e. The van der Waals surface area contributed by atoms with E-state index < -0.39 is 147 Å². The zero-order chi connectivity index (χ0) is 75.1. The summed E-state index contributed by atoms with van der Waals surface area (Å²) >= 11 is 1.10. The van der Waals surface area contributed by atoms with Crippen LogP contribution in [0.25, 0.3) is 0 Å². The van der Waals surface area contributed by atoms with Gasteiger partial charge in [-0.2, -0.15) is 4.31 Å². The molecule has 26 nitrogen and oxygen atoms in total. The summed E-state index contributed by atoms with van der Waals surface area (Å²) in [4.78, 5) is 127. The van der Waals surface area contributed by atoms with E-state index in [1.54, 1.807) is 56.5 Å². The number of amides is 10. The lowest BCUT2D eigenvalue weighted by Crippen LogP contribution is -2.63. The fraction of sp³-hybridized carbons (Fsp3) is 0.620. The van der Waals surface area contributed by atoms with Gasteiger partial charge < -0.3 is 41.7 Å². The monoisotopic (exact) mass is 1480 g/mol. The lowest BCUT2D eigenvalue weighted by Gasteiger charge is -2.39. The van der Waals surface area contributed by atoms with Gasteiger partial charge in [0.05, 0.1) is 15.8 Å². The van der Waals surface area contributed by atoms with Crippen LogP contribution >= 0.6 is 11.3 Å². The van der Waals surface area contributed by atoms with Crippen molar-refractivity contribution in [3.8, 4) is 0 Å². The van der Waals surface area contributed by atoms with E-state index in [1.165, 1.54) is 69.7 Å². The highest BCUT2D eigenvalue weighted by molar-refractivity contribution is 7.91. The average Bonchev–Trinajstić information content (AvgIpc) is 1.53. The maximum Gasteiger partial charge on any atom is 0.316 e. The molecule has 2 aromatic carbocycles. The van der Waals surface area contributed by atoms with Gasteiger partial charge in [0, 0.05) is 44.6 Å². The van der Waals surface area contributed by atoms with Crippen LogP contribution in [0.15, 0.2) is 105 Å². The van der Waals surface area contributed by atoms with E-state index in [0.29, 0.717) is 6.54 Å². The second-order valence-electron chi connectivity index (χ2n) is 33.2. The molecular formula is C71H101N11O15S4. The topological polar surface area (TPSA) is 362 Å². The predicted octanol–water partition coefficient (Wildman–Crippen LogP) is 5.89. The molecule has 0 spiro atoms. The van der Waals surface area contributed by atoms with Gasteiger partial charge in [-0.25, -0.2) is 44.3 Å². The van der Waals surface area contributed by atoms with Gasteiger partial charge >= 0.3 is 12.1 Å². The summed E-state index contributed by atoms with van der Waals surface area (Å²) in [5.74, 6) is -4.86. The van der Waals surface area contributed by atoms with Crippen LogP contribution in [0, 0.1) is 68.5 Å². The number of sulfonamides is 3. The van der Waals surface area contributed by atoms with Crippen molar-refractivity contribution in [3.05, 3.63) is 90.8 Å². The van der Waals surface area contributed by atoms with Crippen molar-refractivity contribution < 1.29 is 68.4 Å². The first-order chi connectivity index (χ1) is 46.6. The molecule has 0 bridgehead atoms. The summed E-state index contributed by atoms with van der Waals surface area (Å²) in [5.41, 5.74) is -5.64. The number of likely N-dealkylation sites (tertiary alicyclic amines) is 2. The average molecular weight is 1480 g/mol. The number of thiophene rings is 1. The van der Waals surface area contributed by atoms with Crippen LogP contribution in [0.5, 0.6) is 0 Å². The molecular weight excluding hydrogens is 1380 g/mol. The van der Waals surface area contributed by atoms with Crippen LogP contribution in [-0.4, -0.2) is 167 Å². The number of benzene rings is 2. The first-order valence-corrected chi connectivity index (χ1v) is 39.7. The summed E-state index contributed by atoms with van der Waals surface area (Å²) < 4.78 is 83.8. The van der Waals surface area contributed by atoms with E-state index >= 15 is 0 Å². The summed E-state index contributed by atoms with van der Waals surface area (Å²) in [6, 6.07) is 11.4. The van der Waals surface area contributed by atoms with Crippen LogP contribution in [-0.2, 0) is 63.6 Å². The van der Waals surface area contributed by atoms with Gasteiger partial charge in [0.25, 0.3) is 41.9 Å². The fourth-order valence-corrected chi connectivity index (χ4v) is 19.0. The van der Waals surface area contributed by atoms with E-state index in [4.69, 9.17) is 0 Å². The second kappa shape index (κ2) is 27.7. The largest absolute Gasteiger partial charge is 0.340 e. The number of urea groups is 2. The minimum atomic E-state index is -4.24. The summed E-state index contributed by atoms with van der Waals surface area (Å²) in [5, 5.41) is 18.7. The Hall–Kier alpha value is -7.28. The van der Waals surface area contributed by atoms with Gasteiger partial charge in [0.1, 0.15) is 39.5 Å². The van der Waals surface area contributed by atoms with Crippen molar-refractivity contribution in [2.75, 3.05) is 26.7 Å². The number of nitrogens with one attached hydrogen (secondary N) is 8. The molecule has 8 N–H and O–H groups in total. The number of rotatable bonds is 24. The van der Waals surface area contributed by atoms with Gasteiger partial charge in [-0.05, 0) is 124 Å². The Morgan fingerprint density at radius 1 is 0.614 bits per heavy atom. The fourth-order valence-electron chi connectivity index (χ4n) is 14.5. The minimum absolute atomic E-state index is 0.00278. The number of ketones is 1. The smallest absolute Gasteiger partial charge is 0.316 e. The van der Waals surface area contributed by atoms with Crippen LogP contribution in [0.3, 0.4) is 0 Å². The van der Waals surface area contributed by atoms with Crippen molar-refractivity contribution in [1.29, 1.82) is 0 Å². The Morgan fingerprint density at radius 3 is 1.45 bits per heavy atom. The number of nitrogens with zero attached hydrogens (tertiary/aromatic N) is 3. The van der Waals surface area contributed by atoms with E-state index in [9.17, 15) is 68.4 Å². The van der Waals surface area contributed by atoms with Crippen molar-refractivity contribution in [2.45, 2.75) is 197 Å². The molecule has 10 rings (SSSR count). The lowest BCUT2D eigenvalue weighted by atomic mass is 9.85. The zero-order valence-electron chi connectivity index (χ0n) is 60.6. The van der Waals surface area contributed by atoms with Crippen molar-refractivity contribution in [1.82, 2.24) is 55.4 Å². The van der Waals surface area contributed by atoms with Crippen LogP contribution in [0.1, 0.15) is 136 Å². The number of hydrogen-bond donors (Lipinski definition) is 8. The molecule has 101 heavy (non-hydrogen) atoms. The van der Waals surface area contributed by atoms with Crippen molar-refractivity contribution in [2.24, 2.45) is 68.5 Å². The number of hydrogen-bond acceptors (Lipinski definition) is 16. The third-order valence-corrected chi connectivity index (χ3v) is 27.5. The summed E-state index contributed by atoms with van der Waals surface area (Å²) in [7, 11) is -10.7. The number of Topliss-reactive ketones (excluding diaryl/α,β-unsaturated/α-hetero) is 1. The van der Waals surface area contributed by atoms with E-state index in [-0.39, 0.29) is 98.5 Å². The Morgan fingerprint density at radius 2 is 1.06 bits per heavy atom. The number of piperidine rings is 2. The molecule has 3 aromatic rings. The maximum absolute atomic E-state index is 14.6. The molecule has 3 heterocycles. The third-order valence-electron chi connectivity index (χ3n) is 21.6. The number of carbonyl (C=O) groups excluding carboxylic acids is 9. The van der Waals surface area contributed by atoms with Gasteiger partial charge in [-0.1, -0.05) is 152 Å². The van der Waals surface area contributed by atoms with Gasteiger partial charge in [0.15, 0.2) is 5.78 Å². The Bertz CT molecular complexity index is 4090. The molecule has 2 saturated heterocycles. The first-order valence-electron chi connectivity index (χ1n) is 34.4. The highest BCUT2D eigenvalue weighted by Gasteiger charge is 2.72. The Kier molecular flexibility index (Phi) is 21.4. The molecule has 10 amide bonds. The zero-order valence-corrected chi connectivity index (χ0v) is 63.8. The van der Waals surface area contributed by atoms with Crippen molar-refractivity contribution >= 4 is 94.7 Å². The molecule has 7 aliphatic rings. The number of carbonyl (C=O) groups is 9. The van der Waals surface area contributed by atoms with Gasteiger partial charge in [0.2, 0.25) is 23.6 Å². The summed E-state index contributed by atoms with van der Waals surface area (Å²) in [6.45, 7) is 32.6. The molecule has 3 unspecified atom stereocenters. The van der Waals surface area contributed by atoms with Gasteiger partial charge in [-0.15, -0.1) is 17.9 Å². The van der Waals surface area contributed by atoms with E-state index in [0.717, 1.165) is 24.2 Å². The quantitative estimate of drug-likeness (QED) is 0.0485. The molecule has 554 valence electrons. The molecule has 0 radical (unpaired) electrons. The van der Waals surface area contributed by atoms with E-state index in [2.05, 4.69) is 47.9 Å². The number of likely N-dealkylation sites (N-methyl/N-ethyl adjacent to an activating group) is 1. The molecule has 1 aromatic heterocycles. The van der Waals surface area contributed by atoms with Gasteiger partial charge in [-0.3, -0.25) is 33.6 Å². The number of fused-ring (bicyclic) bond motifs is 2. The molecule has 7 fully saturated rings. The highest BCUT2D eigenvalue weighted by Crippen LogP contribution is 2.66. The first kappa shape index (κ1) is 77.9. The molecule has 30 heteroatoms. The standard InChI is InChI=1S/C38H54N6O8S3.C33H47N5O7S/c1-11-23-20-38(23,33(47)42-54(49,50)24-16-13-12-14-17-24)41-31(45)29-28-25(37(28,8)9)21-44(29)32(46)30(36(5,6)7)40-34(48)39-26(35(2,3)4)22-43(10)55(51,52)27-18-15-19-53-27;1-18(2)23(25(39)19-13-14-19)34-30(43)35-26(31(3,4)5)28(41)38-17-21-22(32(21,6)7)24(38)27(40)36-33(15-16-33)29(42)37-46(44,45)20-11-9-8-10-12-20/h11-19,23,25-26,28-30H,1,20-22H2,2-10H3,(H,41,45)(H,42,47)(H2,39,40,48);8-12,18-19,21-24,26H,13-17H2,1-7H3,(H,36,40)(H,37,42)(H2,34,35,43)/t23?,25?,26-,28+,29+,30-,38-;21?,22-,23-,24-,26+/m10/s1. The molecule has 2 aliphatic heterocycles. The second-order valence-corrected chi connectivity index (χ2v) is 39.8. The van der Waals surface area contributed by atoms with Crippen LogP contribution < -0.4 is 41.3 Å². The Labute approximate surface area is 598 Å². The van der Waals surface area contributed by atoms with Crippen LogP contribution in [0.4, 0.5) is 9.59 Å². The maximum atomic E-state index is 14.6. The third kappa shape index (κ3) is 16.2. The van der Waals surface area contributed by atoms with E-state index in [1.807, 2.05) is 83.1 Å². The van der Waals surface area contributed by atoms with Crippen molar-refractivity contribution in [3.63, 3.8) is 0 Å². The van der Waals surface area contributed by atoms with Crippen LogP contribution in [0.2, 0.25) is 0 Å². The highest BCUT2D eigenvalue weighted by atomic mass is 32.2. The predicted molar refractivity (Wildman–Crippen MR) is 379 cm³/mol. The SMILES string of the molecule is C=CC1C[C@]1(NC(=O)[C@@H]1[C@@H]2C(CN1C(=O)[C@@H](NC(=O)N[C@H](CN(C)S(=O)(=O)c1cccs1)C(C)(C)C)C(C)(C)C)C2(C)C)C(=O)NS(=O)(=O)c1ccccc1.CC(C)[C@H](NC(=O)N[C@H](C(=O)N1CC2[C@@H]([C@H]1C(=O)NC1(C(=O)NS(=O)(=O)c3ccccc3)CC1)C2(C)C)C(C)(C)C)C(=O)C1CC1.